The number of nitrogens with zero attached hydrogens (tertiary/aromatic N) is 1. The Balaban J connectivity index is 0.000000980. The minimum absolute atomic E-state index is 0. The van der Waals surface area contributed by atoms with Gasteiger partial charge in [-0.2, -0.15) is 0 Å². The third kappa shape index (κ3) is 0.941. The van der Waals surface area contributed by atoms with Gasteiger partial charge >= 0.3 is 0 Å². The predicted molar refractivity (Wildman–Crippen MR) is 47.9 cm³/mol. The molecule has 0 saturated heterocycles. The summed E-state index contributed by atoms with van der Waals surface area (Å²) in [4.78, 5) is 22.5. The Morgan fingerprint density at radius 1 is 0.929 bits per heavy atom. The van der Waals surface area contributed by atoms with Crippen LogP contribution in [0, 0.1) is 13.8 Å². The van der Waals surface area contributed by atoms with Crippen LogP contribution in [0.3, 0.4) is 0 Å². The van der Waals surface area contributed by atoms with Crippen molar-refractivity contribution in [2.24, 2.45) is 0 Å². The topological polar surface area (TPSA) is 48.2 Å². The van der Waals surface area contributed by atoms with Crippen molar-refractivity contribution in [2.75, 3.05) is 0 Å². The summed E-state index contributed by atoms with van der Waals surface area (Å²) >= 11 is 0. The van der Waals surface area contributed by atoms with Crippen LogP contribution in [0.2, 0.25) is 0 Å². The van der Waals surface area contributed by atoms with E-state index in [9.17, 15) is 9.59 Å². The minimum Gasteiger partial charge on any atom is -0.587 e. The Labute approximate surface area is 75.8 Å². The fraction of sp³-hybridized carbons (Fsp3) is 0.200. The van der Waals surface area contributed by atoms with Crippen LogP contribution < -0.4 is 0 Å². The van der Waals surface area contributed by atoms with Crippen LogP contribution in [0.15, 0.2) is 12.1 Å². The summed E-state index contributed by atoms with van der Waals surface area (Å²) in [6, 6.07) is 3.67. The van der Waals surface area contributed by atoms with Gasteiger partial charge < -0.3 is 14.9 Å². The molecule has 0 radical (unpaired) electrons. The van der Waals surface area contributed by atoms with E-state index in [4.69, 9.17) is 0 Å². The summed E-state index contributed by atoms with van der Waals surface area (Å²) in [6.45, 7) is 3.62. The monoisotopic (exact) mass is 441 g/mol. The Kier molecular flexibility index (Phi) is 1.82. The summed E-state index contributed by atoms with van der Waals surface area (Å²) in [6.07, 6.45) is 0. The minimum atomic E-state index is -0.402. The van der Waals surface area contributed by atoms with Crippen molar-refractivity contribution in [2.45, 2.75) is 13.8 Å². The molecular formula is C10H8NO2Rf-. The molecule has 1 aromatic rings. The van der Waals surface area contributed by atoms with E-state index in [1.54, 1.807) is 0 Å². The fourth-order valence-electron chi connectivity index (χ4n) is 1.57. The SMILES string of the molecule is Cc1ccc(C)c2c1C(=O)[N-]C2=O.[Rf]. The van der Waals surface area contributed by atoms with Crippen LogP contribution in [0.4, 0.5) is 0 Å². The summed E-state index contributed by atoms with van der Waals surface area (Å²) in [5.74, 6) is -0.803. The first-order valence-electron chi connectivity index (χ1n) is 4.02. The molecule has 1 heterocycles. The predicted octanol–water partition coefficient (Wildman–Crippen LogP) is 1.97. The first kappa shape index (κ1) is 9.45. The maximum atomic E-state index is 11.3. The van der Waals surface area contributed by atoms with Gasteiger partial charge in [0, 0.05) is 11.1 Å². The molecule has 14 heavy (non-hydrogen) atoms. The van der Waals surface area contributed by atoms with Crippen molar-refractivity contribution in [3.63, 3.8) is 0 Å². The van der Waals surface area contributed by atoms with E-state index in [-0.39, 0.29) is 0 Å². The van der Waals surface area contributed by atoms with Crippen LogP contribution in [0.5, 0.6) is 0 Å². The van der Waals surface area contributed by atoms with Crippen molar-refractivity contribution < 1.29 is 9.59 Å². The Bertz CT molecular complexity index is 387. The summed E-state index contributed by atoms with van der Waals surface area (Å²) < 4.78 is 0. The van der Waals surface area contributed by atoms with E-state index in [0.717, 1.165) is 11.1 Å². The van der Waals surface area contributed by atoms with Gasteiger partial charge in [0.2, 0.25) is 0 Å². The summed E-state index contributed by atoms with van der Waals surface area (Å²) in [5.41, 5.74) is 2.59. The van der Waals surface area contributed by atoms with Gasteiger partial charge in [0.25, 0.3) is 0 Å². The molecule has 0 unspecified atom stereocenters. The largest absolute Gasteiger partial charge is 0.587 e. The van der Waals surface area contributed by atoms with Crippen LogP contribution >= 0.6 is 0 Å². The molecule has 0 fully saturated rings. The molecule has 1 aliphatic rings. The molecule has 1 aliphatic heterocycles. The standard InChI is InChI=1S/C10H9NO2.Rf/c1-5-3-4-6(2)8-7(5)9(12)11-10(8)13;/h3-4H,1-2H3,(H,11,12,13);/p-1. The molecule has 1 aromatic carbocycles. The van der Waals surface area contributed by atoms with Gasteiger partial charge in [-0.3, -0.25) is 0 Å². The molecule has 0 aromatic heterocycles. The van der Waals surface area contributed by atoms with E-state index >= 15 is 0 Å². The molecule has 0 saturated carbocycles. The third-order valence-corrected chi connectivity index (χ3v) is 2.25. The Hall–Kier alpha value is -2.64. The Morgan fingerprint density at radius 3 is 1.64 bits per heavy atom. The van der Waals surface area contributed by atoms with E-state index in [1.165, 1.54) is 0 Å². The van der Waals surface area contributed by atoms with Gasteiger partial charge in [-0.25, -0.2) is 0 Å². The molecule has 3 nitrogen and oxygen atoms in total. The maximum absolute atomic E-state index is 11.3. The molecule has 2 amide bonds. The van der Waals surface area contributed by atoms with Gasteiger partial charge in [0.1, 0.15) is 0 Å². The summed E-state index contributed by atoms with van der Waals surface area (Å²) in [5, 5.41) is 3.40. The summed E-state index contributed by atoms with van der Waals surface area (Å²) in [7, 11) is 0. The van der Waals surface area contributed by atoms with Gasteiger partial charge in [-0.1, -0.05) is 12.1 Å². The molecule has 2 rings (SSSR count). The Morgan fingerprint density at radius 2 is 1.29 bits per heavy atom. The number of carbonyl (C=O) groups excluding carboxylic acids is 2. The van der Waals surface area contributed by atoms with Crippen LogP contribution in [0.1, 0.15) is 31.8 Å². The van der Waals surface area contributed by atoms with Crippen molar-refractivity contribution in [1.29, 1.82) is 0 Å². The second kappa shape index (κ2) is 2.69. The number of fused-ring (bicyclic) bond motifs is 1. The molecule has 68 valence electrons. The van der Waals surface area contributed by atoms with E-state index in [1.807, 2.05) is 26.0 Å². The zero-order chi connectivity index (χ0) is 9.59. The number of amides is 2. The number of imide groups is 1. The third-order valence-electron chi connectivity index (χ3n) is 2.25. The van der Waals surface area contributed by atoms with Crippen molar-refractivity contribution in [3.05, 3.63) is 39.7 Å². The smallest absolute Gasteiger partial charge is 0.0885 e. The number of rotatable bonds is 0. The normalized spacial score (nSPS) is 13.3. The van der Waals surface area contributed by atoms with Crippen LogP contribution in [-0.4, -0.2) is 11.8 Å². The van der Waals surface area contributed by atoms with Crippen molar-refractivity contribution in [1.82, 2.24) is 0 Å². The molecule has 0 aliphatic carbocycles. The van der Waals surface area contributed by atoms with Gasteiger partial charge in [0.15, 0.2) is 0 Å². The second-order valence-electron chi connectivity index (χ2n) is 3.17. The van der Waals surface area contributed by atoms with E-state index in [2.05, 4.69) is 5.32 Å². The first-order chi connectivity index (χ1) is 6.11. The second-order valence-corrected chi connectivity index (χ2v) is 3.17. The van der Waals surface area contributed by atoms with Gasteiger partial charge in [0.05, 0.1) is 11.8 Å². The zero-order valence-corrected chi connectivity index (χ0v) is 14.5. The zero-order valence-electron chi connectivity index (χ0n) is 8.13. The maximum Gasteiger partial charge on any atom is 0.0885 e. The van der Waals surface area contributed by atoms with E-state index in [0.29, 0.717) is 11.1 Å². The number of hydrogen-bond acceptors (Lipinski definition) is 2. The average molecular weight is 441 g/mol. The molecule has 0 atom stereocenters. The number of aryl methyl sites for hydroxylation is 2. The fourth-order valence-corrected chi connectivity index (χ4v) is 1.57. The van der Waals surface area contributed by atoms with Crippen LogP contribution in [-0.2, 0) is 0 Å². The van der Waals surface area contributed by atoms with E-state index < -0.39 is 11.8 Å². The quantitative estimate of drug-likeness (QED) is 0.579. The number of carbonyl (C=O) groups is 2. The van der Waals surface area contributed by atoms with Gasteiger partial charge in [-0.05, 0) is 25.0 Å². The molecule has 0 spiro atoms. The average Bonchev–Trinajstić information content (AvgIpc) is 2.36. The first-order valence-corrected chi connectivity index (χ1v) is 4.02. The van der Waals surface area contributed by atoms with Crippen molar-refractivity contribution in [3.8, 4) is 0 Å². The van der Waals surface area contributed by atoms with Gasteiger partial charge in [-0.15, -0.1) is 0 Å². The number of benzene rings is 1. The number of hydrogen-bond donors (Lipinski definition) is 0. The molecule has 0 N–H and O–H groups in total. The molecule has 0 bridgehead atoms. The van der Waals surface area contributed by atoms with Crippen molar-refractivity contribution >= 4 is 11.8 Å². The molecule has 4 heteroatoms. The van der Waals surface area contributed by atoms with Crippen LogP contribution in [0.25, 0.3) is 5.32 Å². The molecular weight excluding hydrogens is 433 g/mol.